The van der Waals surface area contributed by atoms with Crippen LogP contribution in [0.15, 0.2) is 47.5 Å². The van der Waals surface area contributed by atoms with E-state index in [2.05, 4.69) is 11.1 Å². The summed E-state index contributed by atoms with van der Waals surface area (Å²) in [5.41, 5.74) is 8.00. The zero-order chi connectivity index (χ0) is 13.7. The van der Waals surface area contributed by atoms with Crippen LogP contribution in [0.1, 0.15) is 11.6 Å². The van der Waals surface area contributed by atoms with Gasteiger partial charge in [-0.05, 0) is 24.3 Å². The Balaban J connectivity index is 0.00000132. The molecule has 0 radical (unpaired) electrons. The van der Waals surface area contributed by atoms with Crippen molar-refractivity contribution in [2.75, 3.05) is 11.4 Å². The first kappa shape index (κ1) is 14.2. The molecule has 0 aliphatic carbocycles. The Morgan fingerprint density at radius 2 is 2.00 bits per heavy atom. The Labute approximate surface area is 137 Å². The van der Waals surface area contributed by atoms with Crippen LogP contribution in [-0.4, -0.2) is 12.5 Å². The Morgan fingerprint density at radius 3 is 2.86 bits per heavy atom. The molecule has 0 saturated heterocycles. The number of guanidine groups is 1. The van der Waals surface area contributed by atoms with Crippen molar-refractivity contribution >= 4 is 40.2 Å². The van der Waals surface area contributed by atoms with Gasteiger partial charge in [-0.2, -0.15) is 0 Å². The SMILES string of the molecule is Br.NC1=NCC2c3ccccc3Oc3ccc(Cl)cc3N12. The van der Waals surface area contributed by atoms with Crippen molar-refractivity contribution in [2.45, 2.75) is 6.04 Å². The lowest BCUT2D eigenvalue weighted by molar-refractivity contribution is 0.482. The molecule has 0 fully saturated rings. The van der Waals surface area contributed by atoms with E-state index in [1.54, 1.807) is 0 Å². The van der Waals surface area contributed by atoms with Crippen molar-refractivity contribution < 1.29 is 4.74 Å². The van der Waals surface area contributed by atoms with Gasteiger partial charge >= 0.3 is 0 Å². The minimum atomic E-state index is 0. The van der Waals surface area contributed by atoms with Crippen LogP contribution in [0.25, 0.3) is 0 Å². The number of hydrogen-bond donors (Lipinski definition) is 1. The van der Waals surface area contributed by atoms with E-state index in [9.17, 15) is 0 Å². The first-order chi connectivity index (χ1) is 9.74. The molecule has 4 nitrogen and oxygen atoms in total. The number of hydrogen-bond acceptors (Lipinski definition) is 4. The summed E-state index contributed by atoms with van der Waals surface area (Å²) in [6.45, 7) is 0.623. The molecule has 2 aliphatic rings. The zero-order valence-corrected chi connectivity index (χ0v) is 13.5. The van der Waals surface area contributed by atoms with Crippen molar-refractivity contribution in [1.29, 1.82) is 0 Å². The molecular formula is C15H13BrClN3O. The Bertz CT molecular complexity index is 735. The van der Waals surface area contributed by atoms with E-state index in [4.69, 9.17) is 22.1 Å². The van der Waals surface area contributed by atoms with Gasteiger partial charge in [0.15, 0.2) is 11.7 Å². The van der Waals surface area contributed by atoms with Crippen LogP contribution >= 0.6 is 28.6 Å². The minimum Gasteiger partial charge on any atom is -0.455 e. The summed E-state index contributed by atoms with van der Waals surface area (Å²) < 4.78 is 6.03. The second kappa shape index (κ2) is 5.24. The number of rotatable bonds is 0. The van der Waals surface area contributed by atoms with E-state index in [1.807, 2.05) is 41.3 Å². The number of nitrogens with two attached hydrogens (primary N) is 1. The molecular weight excluding hydrogens is 354 g/mol. The fraction of sp³-hybridized carbons (Fsp3) is 0.133. The second-order valence-corrected chi connectivity index (χ2v) is 5.27. The third kappa shape index (κ3) is 2.17. The van der Waals surface area contributed by atoms with E-state index < -0.39 is 0 Å². The summed E-state index contributed by atoms with van der Waals surface area (Å²) in [4.78, 5) is 6.36. The summed E-state index contributed by atoms with van der Waals surface area (Å²) in [6, 6.07) is 13.6. The maximum absolute atomic E-state index is 6.12. The third-order valence-electron chi connectivity index (χ3n) is 3.66. The van der Waals surface area contributed by atoms with Crippen LogP contribution in [-0.2, 0) is 0 Å². The predicted molar refractivity (Wildman–Crippen MR) is 90.0 cm³/mol. The molecule has 1 atom stereocenters. The van der Waals surface area contributed by atoms with Gasteiger partial charge in [-0.15, -0.1) is 17.0 Å². The molecule has 2 aliphatic heterocycles. The lowest BCUT2D eigenvalue weighted by Crippen LogP contribution is -2.35. The molecule has 0 amide bonds. The highest BCUT2D eigenvalue weighted by Gasteiger charge is 2.35. The molecule has 2 heterocycles. The van der Waals surface area contributed by atoms with E-state index >= 15 is 0 Å². The standard InChI is InChI=1S/C15H12ClN3O.BrH/c16-9-5-6-14-11(7-9)19-12(8-18-15(19)17)10-3-1-2-4-13(10)20-14;/h1-7,12H,8H2,(H2,17,18);1H. The average Bonchev–Trinajstić information content (AvgIpc) is 2.76. The second-order valence-electron chi connectivity index (χ2n) is 4.84. The predicted octanol–water partition coefficient (Wildman–Crippen LogP) is 3.90. The smallest absolute Gasteiger partial charge is 0.196 e. The largest absolute Gasteiger partial charge is 0.455 e. The van der Waals surface area contributed by atoms with Crippen molar-refractivity contribution in [3.8, 4) is 11.5 Å². The van der Waals surface area contributed by atoms with Gasteiger partial charge in [0.05, 0.1) is 18.3 Å². The topological polar surface area (TPSA) is 50.9 Å². The molecule has 0 saturated carbocycles. The minimum absolute atomic E-state index is 0. The Kier molecular flexibility index (Phi) is 3.55. The van der Waals surface area contributed by atoms with Crippen molar-refractivity contribution in [1.82, 2.24) is 0 Å². The number of para-hydroxylation sites is 1. The lowest BCUT2D eigenvalue weighted by atomic mass is 10.1. The molecule has 2 aromatic carbocycles. The van der Waals surface area contributed by atoms with Crippen LogP contribution in [0.5, 0.6) is 11.5 Å². The van der Waals surface area contributed by atoms with E-state index in [0.717, 1.165) is 22.7 Å². The number of ether oxygens (including phenoxy) is 1. The van der Waals surface area contributed by atoms with Gasteiger partial charge in [-0.25, -0.2) is 0 Å². The summed E-state index contributed by atoms with van der Waals surface area (Å²) in [5.74, 6) is 2.08. The lowest BCUT2D eigenvalue weighted by Gasteiger charge is -2.25. The highest BCUT2D eigenvalue weighted by molar-refractivity contribution is 8.93. The van der Waals surface area contributed by atoms with Gasteiger partial charge in [0.25, 0.3) is 0 Å². The number of benzene rings is 2. The number of fused-ring (bicyclic) bond motifs is 5. The summed E-state index contributed by atoms with van der Waals surface area (Å²) in [5, 5.41) is 0.650. The molecule has 2 N–H and O–H groups in total. The summed E-state index contributed by atoms with van der Waals surface area (Å²) in [7, 11) is 0. The first-order valence-electron chi connectivity index (χ1n) is 6.39. The van der Waals surface area contributed by atoms with Crippen LogP contribution in [0.4, 0.5) is 5.69 Å². The molecule has 1 unspecified atom stereocenters. The summed E-state index contributed by atoms with van der Waals surface area (Å²) >= 11 is 6.12. The van der Waals surface area contributed by atoms with Crippen LogP contribution in [0, 0.1) is 0 Å². The average molecular weight is 367 g/mol. The monoisotopic (exact) mass is 365 g/mol. The highest BCUT2D eigenvalue weighted by Crippen LogP contribution is 2.46. The van der Waals surface area contributed by atoms with Crippen molar-refractivity contribution in [2.24, 2.45) is 10.7 Å². The quantitative estimate of drug-likeness (QED) is 0.769. The first-order valence-corrected chi connectivity index (χ1v) is 6.77. The van der Waals surface area contributed by atoms with Gasteiger partial charge in [0, 0.05) is 10.6 Å². The van der Waals surface area contributed by atoms with Gasteiger partial charge in [-0.3, -0.25) is 9.89 Å². The van der Waals surface area contributed by atoms with Gasteiger partial charge in [0.2, 0.25) is 0 Å². The van der Waals surface area contributed by atoms with E-state index in [0.29, 0.717) is 17.5 Å². The molecule has 0 aromatic heterocycles. The number of nitrogens with zero attached hydrogens (tertiary/aromatic N) is 2. The molecule has 21 heavy (non-hydrogen) atoms. The molecule has 4 rings (SSSR count). The number of halogens is 2. The van der Waals surface area contributed by atoms with Gasteiger partial charge in [0.1, 0.15) is 5.75 Å². The van der Waals surface area contributed by atoms with Gasteiger partial charge < -0.3 is 10.5 Å². The maximum Gasteiger partial charge on any atom is 0.196 e. The van der Waals surface area contributed by atoms with Crippen LogP contribution in [0.3, 0.4) is 0 Å². The normalized spacial score (nSPS) is 18.4. The van der Waals surface area contributed by atoms with Crippen molar-refractivity contribution in [3.63, 3.8) is 0 Å². The number of aliphatic imine (C=N–C) groups is 1. The Hall–Kier alpha value is -1.72. The van der Waals surface area contributed by atoms with E-state index in [-0.39, 0.29) is 23.0 Å². The molecule has 0 spiro atoms. The summed E-state index contributed by atoms with van der Waals surface area (Å²) in [6.07, 6.45) is 0. The van der Waals surface area contributed by atoms with Crippen LogP contribution in [0.2, 0.25) is 5.02 Å². The van der Waals surface area contributed by atoms with Gasteiger partial charge in [-0.1, -0.05) is 29.8 Å². The number of anilines is 1. The van der Waals surface area contributed by atoms with Crippen LogP contribution < -0.4 is 15.4 Å². The fourth-order valence-electron chi connectivity index (χ4n) is 2.76. The highest BCUT2D eigenvalue weighted by atomic mass is 79.9. The molecule has 2 aromatic rings. The Morgan fingerprint density at radius 1 is 1.19 bits per heavy atom. The van der Waals surface area contributed by atoms with E-state index in [1.165, 1.54) is 0 Å². The maximum atomic E-state index is 6.12. The molecule has 6 heteroatoms. The fourth-order valence-corrected chi connectivity index (χ4v) is 2.92. The van der Waals surface area contributed by atoms with Crippen molar-refractivity contribution in [3.05, 3.63) is 53.1 Å². The molecule has 108 valence electrons. The molecule has 0 bridgehead atoms. The third-order valence-corrected chi connectivity index (χ3v) is 3.90. The zero-order valence-electron chi connectivity index (χ0n) is 11.0.